The molecule has 0 atom stereocenters. The maximum Gasteiger partial charge on any atom is 0.327 e. The van der Waals surface area contributed by atoms with Crippen LogP contribution in [0.1, 0.15) is 5.56 Å². The molecule has 2 aromatic heterocycles. The van der Waals surface area contributed by atoms with E-state index in [9.17, 15) is 4.79 Å². The second kappa shape index (κ2) is 4.87. The molecule has 0 radical (unpaired) electrons. The second-order valence-electron chi connectivity index (χ2n) is 5.47. The summed E-state index contributed by atoms with van der Waals surface area (Å²) in [5, 5.41) is 4.08. The molecule has 0 aliphatic carbocycles. The van der Waals surface area contributed by atoms with Crippen LogP contribution in [0, 0.1) is 0 Å². The van der Waals surface area contributed by atoms with E-state index >= 15 is 0 Å². The molecule has 0 unspecified atom stereocenters. The first-order valence-corrected chi connectivity index (χ1v) is 7.30. The van der Waals surface area contributed by atoms with Crippen LogP contribution < -0.4 is 10.2 Å². The number of hydrogen-bond donors (Lipinski definition) is 1. The Labute approximate surface area is 128 Å². The third-order valence-electron chi connectivity index (χ3n) is 4.18. The smallest absolute Gasteiger partial charge is 0.327 e. The van der Waals surface area contributed by atoms with Crippen molar-refractivity contribution in [1.29, 1.82) is 0 Å². The number of fused-ring (bicyclic) bond motifs is 3. The number of aryl methyl sites for hydroxylation is 1. The van der Waals surface area contributed by atoms with Crippen molar-refractivity contribution in [3.05, 3.63) is 54.4 Å². The molecule has 1 aliphatic rings. The van der Waals surface area contributed by atoms with Crippen LogP contribution >= 0.6 is 0 Å². The molecule has 110 valence electrons. The van der Waals surface area contributed by atoms with Gasteiger partial charge in [-0.3, -0.25) is 10.2 Å². The third kappa shape index (κ3) is 1.94. The van der Waals surface area contributed by atoms with Crippen molar-refractivity contribution >= 4 is 28.4 Å². The van der Waals surface area contributed by atoms with Gasteiger partial charge in [-0.05, 0) is 42.3 Å². The molecule has 1 aromatic carbocycles. The number of nitrogens with one attached hydrogen (secondary N) is 1. The van der Waals surface area contributed by atoms with Gasteiger partial charge in [0.1, 0.15) is 5.82 Å². The van der Waals surface area contributed by atoms with Crippen LogP contribution in [0.5, 0.6) is 0 Å². The third-order valence-corrected chi connectivity index (χ3v) is 4.18. The first-order chi connectivity index (χ1) is 10.7. The van der Waals surface area contributed by atoms with E-state index in [0.29, 0.717) is 12.4 Å². The quantitative estimate of drug-likeness (QED) is 0.749. The van der Waals surface area contributed by atoms with Crippen molar-refractivity contribution in [2.45, 2.75) is 6.42 Å². The summed E-state index contributed by atoms with van der Waals surface area (Å²) in [7, 11) is 2.04. The minimum atomic E-state index is -0.132. The Morgan fingerprint density at radius 1 is 1.23 bits per heavy atom. The number of hydrogen-bond acceptors (Lipinski definition) is 2. The molecule has 1 N–H and O–H groups in total. The average Bonchev–Trinajstić information content (AvgIpc) is 3.12. The summed E-state index contributed by atoms with van der Waals surface area (Å²) in [5.41, 5.74) is 3.44. The molecule has 0 fully saturated rings. The van der Waals surface area contributed by atoms with E-state index in [1.165, 1.54) is 16.5 Å². The average molecular weight is 292 g/mol. The van der Waals surface area contributed by atoms with Gasteiger partial charge < -0.3 is 4.57 Å². The number of pyridine rings is 1. The van der Waals surface area contributed by atoms with Gasteiger partial charge in [-0.15, -0.1) is 0 Å². The Balaban J connectivity index is 1.67. The molecule has 1 aliphatic heterocycles. The van der Waals surface area contributed by atoms with Gasteiger partial charge in [-0.1, -0.05) is 6.07 Å². The van der Waals surface area contributed by atoms with Crippen LogP contribution in [0.4, 0.5) is 16.3 Å². The summed E-state index contributed by atoms with van der Waals surface area (Å²) in [6.45, 7) is 0.696. The monoisotopic (exact) mass is 292 g/mol. The molecule has 3 aromatic rings. The number of carbonyl (C=O) groups is 1. The first-order valence-electron chi connectivity index (χ1n) is 7.30. The van der Waals surface area contributed by atoms with E-state index in [2.05, 4.69) is 33.2 Å². The number of amides is 2. The molecule has 3 heterocycles. The van der Waals surface area contributed by atoms with Gasteiger partial charge in [-0.25, -0.2) is 9.78 Å². The highest BCUT2D eigenvalue weighted by molar-refractivity contribution is 6.05. The first kappa shape index (κ1) is 12.9. The lowest BCUT2D eigenvalue weighted by Gasteiger charge is -2.18. The van der Waals surface area contributed by atoms with E-state index in [1.54, 1.807) is 17.2 Å². The Morgan fingerprint density at radius 2 is 2.14 bits per heavy atom. The van der Waals surface area contributed by atoms with Crippen molar-refractivity contribution in [3.63, 3.8) is 0 Å². The van der Waals surface area contributed by atoms with Gasteiger partial charge in [0.25, 0.3) is 0 Å². The second-order valence-corrected chi connectivity index (χ2v) is 5.47. The number of aromatic nitrogens is 2. The van der Waals surface area contributed by atoms with Gasteiger partial charge >= 0.3 is 6.03 Å². The molecule has 2 amide bonds. The van der Waals surface area contributed by atoms with Crippen molar-refractivity contribution in [2.75, 3.05) is 16.8 Å². The van der Waals surface area contributed by atoms with Crippen LogP contribution in [0.15, 0.2) is 48.8 Å². The molecule has 4 rings (SSSR count). The van der Waals surface area contributed by atoms with E-state index in [4.69, 9.17) is 0 Å². The minimum absolute atomic E-state index is 0.132. The van der Waals surface area contributed by atoms with Crippen molar-refractivity contribution < 1.29 is 4.79 Å². The van der Waals surface area contributed by atoms with Crippen LogP contribution in [-0.2, 0) is 13.5 Å². The van der Waals surface area contributed by atoms with Gasteiger partial charge in [-0.2, -0.15) is 0 Å². The highest BCUT2D eigenvalue weighted by Gasteiger charge is 2.26. The number of rotatable bonds is 1. The normalized spacial score (nSPS) is 13.4. The molecule has 0 bridgehead atoms. The Hall–Kier alpha value is -2.82. The van der Waals surface area contributed by atoms with E-state index in [0.717, 1.165) is 12.1 Å². The largest absolute Gasteiger partial charge is 0.351 e. The van der Waals surface area contributed by atoms with Gasteiger partial charge in [0.15, 0.2) is 0 Å². The Kier molecular flexibility index (Phi) is 2.85. The van der Waals surface area contributed by atoms with Gasteiger partial charge in [0, 0.05) is 42.6 Å². The maximum atomic E-state index is 12.5. The zero-order chi connectivity index (χ0) is 15.1. The molecule has 0 spiro atoms. The van der Waals surface area contributed by atoms with Gasteiger partial charge in [0.2, 0.25) is 0 Å². The number of nitrogens with zero attached hydrogens (tertiary/aromatic N) is 3. The fraction of sp³-hybridized carbons (Fsp3) is 0.176. The van der Waals surface area contributed by atoms with Crippen LogP contribution in [0.2, 0.25) is 0 Å². The zero-order valence-electron chi connectivity index (χ0n) is 12.3. The molecular formula is C17H16N4O. The zero-order valence-corrected chi connectivity index (χ0v) is 12.3. The molecule has 0 saturated heterocycles. The summed E-state index contributed by atoms with van der Waals surface area (Å²) >= 11 is 0. The van der Waals surface area contributed by atoms with Crippen LogP contribution in [0.3, 0.4) is 0 Å². The fourth-order valence-electron chi connectivity index (χ4n) is 3.09. The van der Waals surface area contributed by atoms with Crippen LogP contribution in [-0.4, -0.2) is 22.1 Å². The highest BCUT2D eigenvalue weighted by atomic mass is 16.2. The molecule has 0 saturated carbocycles. The van der Waals surface area contributed by atoms with Crippen LogP contribution in [0.25, 0.3) is 10.9 Å². The summed E-state index contributed by atoms with van der Waals surface area (Å²) in [5.74, 6) is 0.571. The van der Waals surface area contributed by atoms with E-state index in [-0.39, 0.29) is 6.03 Å². The Morgan fingerprint density at radius 3 is 2.95 bits per heavy atom. The number of urea groups is 1. The molecule has 5 nitrogen and oxygen atoms in total. The molecular weight excluding hydrogens is 276 g/mol. The van der Waals surface area contributed by atoms with Crippen molar-refractivity contribution in [1.82, 2.24) is 9.55 Å². The minimum Gasteiger partial charge on any atom is -0.351 e. The summed E-state index contributed by atoms with van der Waals surface area (Å²) < 4.78 is 2.10. The topological polar surface area (TPSA) is 50.2 Å². The number of carbonyl (C=O) groups excluding carboxylic acids is 1. The lowest BCUT2D eigenvalue weighted by atomic mass is 10.1. The highest BCUT2D eigenvalue weighted by Crippen LogP contribution is 2.34. The lowest BCUT2D eigenvalue weighted by Crippen LogP contribution is -2.33. The lowest BCUT2D eigenvalue weighted by molar-refractivity contribution is 0.257. The van der Waals surface area contributed by atoms with Crippen molar-refractivity contribution in [2.24, 2.45) is 7.05 Å². The predicted octanol–water partition coefficient (Wildman–Crippen LogP) is 3.17. The molecule has 22 heavy (non-hydrogen) atoms. The Bertz CT molecular complexity index is 854. The van der Waals surface area contributed by atoms with E-state index in [1.807, 2.05) is 25.2 Å². The SMILES string of the molecule is Cn1ccc2c3c(ccc21)N(C(=O)Nc1ccccn1)CC3. The molecule has 5 heteroatoms. The van der Waals surface area contributed by atoms with Crippen molar-refractivity contribution in [3.8, 4) is 0 Å². The van der Waals surface area contributed by atoms with Gasteiger partial charge in [0.05, 0.1) is 0 Å². The summed E-state index contributed by atoms with van der Waals surface area (Å²) in [6, 6.07) is 11.6. The maximum absolute atomic E-state index is 12.5. The number of anilines is 2. The number of benzene rings is 1. The fourth-order valence-corrected chi connectivity index (χ4v) is 3.09. The predicted molar refractivity (Wildman–Crippen MR) is 87.2 cm³/mol. The summed E-state index contributed by atoms with van der Waals surface area (Å²) in [6.07, 6.45) is 4.61. The summed E-state index contributed by atoms with van der Waals surface area (Å²) in [4.78, 5) is 18.4. The standard InChI is InChI=1S/C17H16N4O/c1-20-10-7-12-13-8-11-21(15(13)6-5-14(12)20)17(22)19-16-4-2-3-9-18-16/h2-7,9-10H,8,11H2,1H3,(H,18,19,22). The van der Waals surface area contributed by atoms with E-state index < -0.39 is 0 Å².